The van der Waals surface area contributed by atoms with Gasteiger partial charge in [-0.3, -0.25) is 9.69 Å². The number of aromatic nitrogens is 1. The van der Waals surface area contributed by atoms with Crippen molar-refractivity contribution in [2.75, 3.05) is 39.3 Å². The number of carbonyl (C=O) groups is 2. The molecule has 1 aliphatic rings. The van der Waals surface area contributed by atoms with Crippen LogP contribution < -0.4 is 5.32 Å². The van der Waals surface area contributed by atoms with E-state index >= 15 is 0 Å². The van der Waals surface area contributed by atoms with Gasteiger partial charge >= 0.3 is 6.09 Å². The van der Waals surface area contributed by atoms with Crippen molar-refractivity contribution in [2.24, 2.45) is 0 Å². The zero-order valence-electron chi connectivity index (χ0n) is 17.2. The van der Waals surface area contributed by atoms with E-state index < -0.39 is 5.60 Å². The number of hydrogen-bond donors (Lipinski definition) is 1. The molecule has 0 saturated carbocycles. The van der Waals surface area contributed by atoms with Crippen LogP contribution in [0.1, 0.15) is 25.8 Å². The molecule has 8 heteroatoms. The van der Waals surface area contributed by atoms with Crippen molar-refractivity contribution in [2.45, 2.75) is 26.4 Å². The largest absolute Gasteiger partial charge is 0.444 e. The number of nitrogens with one attached hydrogen (secondary N) is 1. The molecule has 2 heterocycles. The van der Waals surface area contributed by atoms with Crippen molar-refractivity contribution in [3.8, 4) is 0 Å². The molecule has 0 spiro atoms. The number of benzene rings is 1. The lowest BCUT2D eigenvalue weighted by atomic mass is 10.2. The summed E-state index contributed by atoms with van der Waals surface area (Å²) in [5.41, 5.74) is 0.472. The van der Waals surface area contributed by atoms with Crippen LogP contribution in [0.4, 0.5) is 4.79 Å². The van der Waals surface area contributed by atoms with Crippen molar-refractivity contribution < 1.29 is 14.3 Å². The van der Waals surface area contributed by atoms with Crippen LogP contribution in [0.2, 0.25) is 0 Å². The number of rotatable bonds is 5. The Balaban J connectivity index is 1.36. The molecule has 0 unspecified atom stereocenters. The first-order valence-electron chi connectivity index (χ1n) is 9.82. The smallest absolute Gasteiger partial charge is 0.410 e. The fourth-order valence-corrected chi connectivity index (χ4v) is 3.86. The number of hydrogen-bond acceptors (Lipinski definition) is 6. The molecule has 0 aliphatic carbocycles. The Morgan fingerprint density at radius 1 is 1.21 bits per heavy atom. The van der Waals surface area contributed by atoms with Gasteiger partial charge in [-0.15, -0.1) is 11.3 Å². The lowest BCUT2D eigenvalue weighted by Gasteiger charge is -2.35. The van der Waals surface area contributed by atoms with Crippen LogP contribution in [0, 0.1) is 0 Å². The molecule has 1 saturated heterocycles. The Hall–Kier alpha value is -2.45. The van der Waals surface area contributed by atoms with Crippen LogP contribution in [0.3, 0.4) is 0 Å². The van der Waals surface area contributed by atoms with Crippen LogP contribution in [0.25, 0.3) is 16.3 Å². The average Bonchev–Trinajstić information content (AvgIpc) is 3.08. The van der Waals surface area contributed by atoms with E-state index in [1.807, 2.05) is 45.0 Å². The van der Waals surface area contributed by atoms with Gasteiger partial charge in [0.25, 0.3) is 0 Å². The first kappa shape index (κ1) is 21.3. The molecule has 156 valence electrons. The molecule has 0 bridgehead atoms. The van der Waals surface area contributed by atoms with Crippen molar-refractivity contribution in [1.82, 2.24) is 20.1 Å². The molecular weight excluding hydrogens is 388 g/mol. The van der Waals surface area contributed by atoms with Crippen molar-refractivity contribution in [3.05, 3.63) is 35.3 Å². The van der Waals surface area contributed by atoms with E-state index in [0.29, 0.717) is 19.6 Å². The Morgan fingerprint density at radius 3 is 2.62 bits per heavy atom. The van der Waals surface area contributed by atoms with Gasteiger partial charge in [-0.25, -0.2) is 9.78 Å². The summed E-state index contributed by atoms with van der Waals surface area (Å²) in [4.78, 5) is 32.6. The fraction of sp³-hybridized carbons (Fsp3) is 0.476. The molecule has 3 rings (SSSR count). The molecule has 1 aromatic carbocycles. The number of nitrogens with zero attached hydrogens (tertiary/aromatic N) is 3. The first-order chi connectivity index (χ1) is 13.8. The summed E-state index contributed by atoms with van der Waals surface area (Å²) in [6.07, 6.45) is 3.02. The van der Waals surface area contributed by atoms with E-state index in [-0.39, 0.29) is 12.0 Å². The van der Waals surface area contributed by atoms with Gasteiger partial charge in [0.15, 0.2) is 0 Å². The van der Waals surface area contributed by atoms with Crippen molar-refractivity contribution >= 4 is 39.6 Å². The molecule has 0 atom stereocenters. The molecule has 0 radical (unpaired) electrons. The highest BCUT2D eigenvalue weighted by Crippen LogP contribution is 2.22. The summed E-state index contributed by atoms with van der Waals surface area (Å²) in [7, 11) is 0. The van der Waals surface area contributed by atoms with Crippen LogP contribution in [-0.4, -0.2) is 71.7 Å². The predicted molar refractivity (Wildman–Crippen MR) is 116 cm³/mol. The molecule has 2 amide bonds. The Kier molecular flexibility index (Phi) is 6.87. The lowest BCUT2D eigenvalue weighted by molar-refractivity contribution is -0.116. The van der Waals surface area contributed by atoms with E-state index in [0.717, 1.165) is 34.9 Å². The minimum absolute atomic E-state index is 0.128. The maximum atomic E-state index is 12.1. The number of para-hydroxylation sites is 1. The number of thiazole rings is 1. The van der Waals surface area contributed by atoms with Gasteiger partial charge in [-0.2, -0.15) is 0 Å². The van der Waals surface area contributed by atoms with Gasteiger partial charge in [-0.1, -0.05) is 12.1 Å². The summed E-state index contributed by atoms with van der Waals surface area (Å²) >= 11 is 1.56. The third kappa shape index (κ3) is 6.54. The second-order valence-corrected chi connectivity index (χ2v) is 9.02. The normalized spacial score (nSPS) is 15.8. The second-order valence-electron chi connectivity index (χ2n) is 7.95. The molecule has 1 aliphatic heterocycles. The highest BCUT2D eigenvalue weighted by Gasteiger charge is 2.25. The van der Waals surface area contributed by atoms with E-state index in [9.17, 15) is 9.59 Å². The van der Waals surface area contributed by atoms with Crippen LogP contribution >= 0.6 is 11.3 Å². The SMILES string of the molecule is CC(C)(C)OC(=O)N1CCN(CCNC(=O)/C=C/c2nc3ccccc3s2)CC1. The van der Waals surface area contributed by atoms with Gasteiger partial charge < -0.3 is 15.0 Å². The molecule has 2 aromatic rings. The Labute approximate surface area is 175 Å². The van der Waals surface area contributed by atoms with E-state index in [1.54, 1.807) is 22.3 Å². The molecule has 1 aromatic heterocycles. The molecule has 7 nitrogen and oxygen atoms in total. The van der Waals surface area contributed by atoms with Crippen LogP contribution in [-0.2, 0) is 9.53 Å². The second kappa shape index (κ2) is 9.37. The minimum atomic E-state index is -0.475. The maximum absolute atomic E-state index is 12.1. The monoisotopic (exact) mass is 416 g/mol. The zero-order valence-corrected chi connectivity index (χ0v) is 18.0. The summed E-state index contributed by atoms with van der Waals surface area (Å²) in [6.45, 7) is 9.76. The van der Waals surface area contributed by atoms with Crippen LogP contribution in [0.15, 0.2) is 30.3 Å². The molecule has 1 N–H and O–H groups in total. The molecule has 29 heavy (non-hydrogen) atoms. The third-order valence-electron chi connectivity index (χ3n) is 4.44. The predicted octanol–water partition coefficient (Wildman–Crippen LogP) is 2.98. The standard InChI is InChI=1S/C21H28N4O3S/c1-21(2,3)28-20(27)25-14-12-24(13-15-25)11-10-22-18(26)8-9-19-23-16-6-4-5-7-17(16)29-19/h4-9H,10-15H2,1-3H3,(H,22,26)/b9-8+. The quantitative estimate of drug-likeness (QED) is 0.759. The van der Waals surface area contributed by atoms with E-state index in [1.165, 1.54) is 6.08 Å². The van der Waals surface area contributed by atoms with Gasteiger partial charge in [0.05, 0.1) is 10.2 Å². The summed E-state index contributed by atoms with van der Waals surface area (Å²) in [6, 6.07) is 7.92. The fourth-order valence-electron chi connectivity index (χ4n) is 2.98. The van der Waals surface area contributed by atoms with Crippen molar-refractivity contribution in [3.63, 3.8) is 0 Å². The molecule has 1 fully saturated rings. The van der Waals surface area contributed by atoms with E-state index in [2.05, 4.69) is 15.2 Å². The summed E-state index contributed by atoms with van der Waals surface area (Å²) in [5, 5.41) is 3.72. The number of fused-ring (bicyclic) bond motifs is 1. The average molecular weight is 417 g/mol. The van der Waals surface area contributed by atoms with Crippen LogP contribution in [0.5, 0.6) is 0 Å². The minimum Gasteiger partial charge on any atom is -0.444 e. The van der Waals surface area contributed by atoms with Gasteiger partial charge in [0, 0.05) is 45.3 Å². The molecular formula is C21H28N4O3S. The van der Waals surface area contributed by atoms with Crippen molar-refractivity contribution in [1.29, 1.82) is 0 Å². The maximum Gasteiger partial charge on any atom is 0.410 e. The number of ether oxygens (including phenoxy) is 1. The van der Waals surface area contributed by atoms with Gasteiger partial charge in [0.2, 0.25) is 5.91 Å². The topological polar surface area (TPSA) is 74.8 Å². The summed E-state index contributed by atoms with van der Waals surface area (Å²) < 4.78 is 6.52. The highest BCUT2D eigenvalue weighted by atomic mass is 32.1. The Bertz CT molecular complexity index is 846. The number of carbonyl (C=O) groups excluding carboxylic acids is 2. The lowest BCUT2D eigenvalue weighted by Crippen LogP contribution is -2.51. The van der Waals surface area contributed by atoms with Gasteiger partial charge in [-0.05, 0) is 39.0 Å². The van der Waals surface area contributed by atoms with E-state index in [4.69, 9.17) is 4.74 Å². The number of amides is 2. The third-order valence-corrected chi connectivity index (χ3v) is 5.44. The first-order valence-corrected chi connectivity index (χ1v) is 10.6. The Morgan fingerprint density at radius 2 is 1.93 bits per heavy atom. The number of piperazine rings is 1. The zero-order chi connectivity index (χ0) is 20.9. The van der Waals surface area contributed by atoms with Gasteiger partial charge in [0.1, 0.15) is 10.6 Å². The summed E-state index contributed by atoms with van der Waals surface area (Å²) in [5.74, 6) is -0.128. The highest BCUT2D eigenvalue weighted by molar-refractivity contribution is 7.19.